The molecule has 0 aliphatic heterocycles. The lowest BCUT2D eigenvalue weighted by atomic mass is 10.1. The maximum absolute atomic E-state index is 10.6. The monoisotopic (exact) mass is 226 g/mol. The summed E-state index contributed by atoms with van der Waals surface area (Å²) >= 11 is 0. The van der Waals surface area contributed by atoms with Crippen molar-refractivity contribution in [1.82, 2.24) is 0 Å². The van der Waals surface area contributed by atoms with Gasteiger partial charge in [-0.3, -0.25) is 10.1 Å². The fourth-order valence-corrected chi connectivity index (χ4v) is 1.41. The van der Waals surface area contributed by atoms with Gasteiger partial charge >= 0.3 is 0 Å². The standard InChI is InChI=1S/C10H14N2O4/c1-11-9-5-7(4-8(14)6-13)2-3-10(9)12(15)16/h2-3,5,8,11,13-14H,4,6H2,1H3. The van der Waals surface area contributed by atoms with Gasteiger partial charge in [-0.25, -0.2) is 0 Å². The van der Waals surface area contributed by atoms with Gasteiger partial charge in [0.2, 0.25) is 0 Å². The Morgan fingerprint density at radius 3 is 2.75 bits per heavy atom. The van der Waals surface area contributed by atoms with Crippen molar-refractivity contribution in [1.29, 1.82) is 0 Å². The number of hydrogen-bond donors (Lipinski definition) is 3. The van der Waals surface area contributed by atoms with Crippen LogP contribution in [0.3, 0.4) is 0 Å². The van der Waals surface area contributed by atoms with Gasteiger partial charge in [-0.2, -0.15) is 0 Å². The third kappa shape index (κ3) is 2.91. The first-order chi connectivity index (χ1) is 7.58. The number of aliphatic hydroxyl groups excluding tert-OH is 2. The van der Waals surface area contributed by atoms with Crippen LogP contribution in [-0.4, -0.2) is 34.9 Å². The fourth-order valence-electron chi connectivity index (χ4n) is 1.41. The van der Waals surface area contributed by atoms with Crippen molar-refractivity contribution in [2.24, 2.45) is 0 Å². The summed E-state index contributed by atoms with van der Waals surface area (Å²) < 4.78 is 0. The Bertz CT molecular complexity index is 381. The first-order valence-corrected chi connectivity index (χ1v) is 4.82. The summed E-state index contributed by atoms with van der Waals surface area (Å²) in [6.07, 6.45) is -0.574. The molecule has 88 valence electrons. The molecule has 1 atom stereocenters. The van der Waals surface area contributed by atoms with Crippen LogP contribution in [0.5, 0.6) is 0 Å². The molecule has 0 aromatic heterocycles. The molecule has 1 aromatic carbocycles. The molecule has 1 rings (SSSR count). The molecule has 0 aliphatic carbocycles. The van der Waals surface area contributed by atoms with Crippen LogP contribution in [0.15, 0.2) is 18.2 Å². The van der Waals surface area contributed by atoms with Crippen molar-refractivity contribution in [3.63, 3.8) is 0 Å². The van der Waals surface area contributed by atoms with Gasteiger partial charge in [0.25, 0.3) is 5.69 Å². The van der Waals surface area contributed by atoms with Gasteiger partial charge in [-0.15, -0.1) is 0 Å². The first-order valence-electron chi connectivity index (χ1n) is 4.82. The maximum atomic E-state index is 10.6. The summed E-state index contributed by atoms with van der Waals surface area (Å²) in [5, 5.41) is 31.3. The summed E-state index contributed by atoms with van der Waals surface area (Å²) in [5.74, 6) is 0. The van der Waals surface area contributed by atoms with Crippen molar-refractivity contribution < 1.29 is 15.1 Å². The summed E-state index contributed by atoms with van der Waals surface area (Å²) in [6.45, 7) is -0.328. The highest BCUT2D eigenvalue weighted by molar-refractivity contribution is 5.62. The number of nitrogens with zero attached hydrogens (tertiary/aromatic N) is 1. The average Bonchev–Trinajstić information content (AvgIpc) is 2.28. The van der Waals surface area contributed by atoms with E-state index >= 15 is 0 Å². The second-order valence-corrected chi connectivity index (χ2v) is 3.40. The van der Waals surface area contributed by atoms with E-state index in [1.54, 1.807) is 19.2 Å². The molecule has 1 unspecified atom stereocenters. The van der Waals surface area contributed by atoms with Crippen LogP contribution >= 0.6 is 0 Å². The van der Waals surface area contributed by atoms with E-state index in [9.17, 15) is 15.2 Å². The quantitative estimate of drug-likeness (QED) is 0.503. The van der Waals surface area contributed by atoms with E-state index in [2.05, 4.69) is 5.32 Å². The molecule has 0 heterocycles. The lowest BCUT2D eigenvalue weighted by Crippen LogP contribution is -2.15. The Kier molecular flexibility index (Phi) is 4.21. The second-order valence-electron chi connectivity index (χ2n) is 3.40. The second kappa shape index (κ2) is 5.43. The van der Waals surface area contributed by atoms with Gasteiger partial charge in [0, 0.05) is 19.5 Å². The molecule has 3 N–H and O–H groups in total. The fraction of sp³-hybridized carbons (Fsp3) is 0.400. The Morgan fingerprint density at radius 2 is 2.25 bits per heavy atom. The van der Waals surface area contributed by atoms with Crippen LogP contribution in [0.4, 0.5) is 11.4 Å². The van der Waals surface area contributed by atoms with Crippen molar-refractivity contribution >= 4 is 11.4 Å². The van der Waals surface area contributed by atoms with Crippen molar-refractivity contribution in [3.05, 3.63) is 33.9 Å². The number of nitro groups is 1. The molecule has 0 aliphatic rings. The molecule has 0 fully saturated rings. The number of rotatable bonds is 5. The van der Waals surface area contributed by atoms with E-state index in [0.717, 1.165) is 5.56 Å². The van der Waals surface area contributed by atoms with Gasteiger partial charge in [0.05, 0.1) is 17.6 Å². The topological polar surface area (TPSA) is 95.6 Å². The highest BCUT2D eigenvalue weighted by Gasteiger charge is 2.13. The van der Waals surface area contributed by atoms with E-state index in [4.69, 9.17) is 5.11 Å². The zero-order valence-electron chi connectivity index (χ0n) is 8.88. The Balaban J connectivity index is 2.95. The molecule has 0 saturated heterocycles. The minimum atomic E-state index is -0.842. The minimum absolute atomic E-state index is 0.00950. The highest BCUT2D eigenvalue weighted by atomic mass is 16.6. The number of anilines is 1. The Morgan fingerprint density at radius 1 is 1.56 bits per heavy atom. The van der Waals surface area contributed by atoms with Gasteiger partial charge in [0.1, 0.15) is 5.69 Å². The van der Waals surface area contributed by atoms with Crippen LogP contribution in [-0.2, 0) is 6.42 Å². The number of aliphatic hydroxyl groups is 2. The lowest BCUT2D eigenvalue weighted by molar-refractivity contribution is -0.384. The molecule has 0 radical (unpaired) electrons. The van der Waals surface area contributed by atoms with Gasteiger partial charge in [0.15, 0.2) is 0 Å². The number of benzene rings is 1. The SMILES string of the molecule is CNc1cc(CC(O)CO)ccc1[N+](=O)[O-]. The average molecular weight is 226 g/mol. The van der Waals surface area contributed by atoms with E-state index in [1.807, 2.05) is 0 Å². The molecule has 16 heavy (non-hydrogen) atoms. The Labute approximate surface area is 92.7 Å². The summed E-state index contributed by atoms with van der Waals surface area (Å²) in [6, 6.07) is 4.54. The largest absolute Gasteiger partial charge is 0.394 e. The molecule has 6 heteroatoms. The lowest BCUT2D eigenvalue weighted by Gasteiger charge is -2.09. The van der Waals surface area contributed by atoms with Crippen molar-refractivity contribution in [2.75, 3.05) is 19.0 Å². The summed E-state index contributed by atoms with van der Waals surface area (Å²) in [7, 11) is 1.59. The zero-order chi connectivity index (χ0) is 12.1. The smallest absolute Gasteiger partial charge is 0.292 e. The normalized spacial score (nSPS) is 12.2. The number of nitrogens with one attached hydrogen (secondary N) is 1. The Hall–Kier alpha value is -1.66. The molecule has 0 bridgehead atoms. The number of nitro benzene ring substituents is 1. The minimum Gasteiger partial charge on any atom is -0.394 e. The van der Waals surface area contributed by atoms with Gasteiger partial charge < -0.3 is 15.5 Å². The van der Waals surface area contributed by atoms with Crippen molar-refractivity contribution in [2.45, 2.75) is 12.5 Å². The van der Waals surface area contributed by atoms with Crippen LogP contribution in [0.2, 0.25) is 0 Å². The maximum Gasteiger partial charge on any atom is 0.292 e. The van der Waals surface area contributed by atoms with E-state index in [1.165, 1.54) is 6.07 Å². The predicted octanol–water partition coefficient (Wildman–Crippen LogP) is 0.532. The molecular weight excluding hydrogens is 212 g/mol. The van der Waals surface area contributed by atoms with Gasteiger partial charge in [-0.05, 0) is 11.6 Å². The van der Waals surface area contributed by atoms with Crippen LogP contribution < -0.4 is 5.32 Å². The molecule has 6 nitrogen and oxygen atoms in total. The highest BCUT2D eigenvalue weighted by Crippen LogP contribution is 2.25. The summed E-state index contributed by atoms with van der Waals surface area (Å²) in [5.41, 5.74) is 1.12. The van der Waals surface area contributed by atoms with Crippen molar-refractivity contribution in [3.8, 4) is 0 Å². The van der Waals surface area contributed by atoms with E-state index in [-0.39, 0.29) is 18.7 Å². The predicted molar refractivity (Wildman–Crippen MR) is 59.4 cm³/mol. The van der Waals surface area contributed by atoms with E-state index < -0.39 is 11.0 Å². The summed E-state index contributed by atoms with van der Waals surface area (Å²) in [4.78, 5) is 10.2. The third-order valence-corrected chi connectivity index (χ3v) is 2.21. The molecule has 0 saturated carbocycles. The third-order valence-electron chi connectivity index (χ3n) is 2.21. The molecule has 1 aromatic rings. The molecule has 0 amide bonds. The van der Waals surface area contributed by atoms with E-state index in [0.29, 0.717) is 5.69 Å². The molecular formula is C10H14N2O4. The first kappa shape index (κ1) is 12.4. The zero-order valence-corrected chi connectivity index (χ0v) is 8.88. The van der Waals surface area contributed by atoms with Crippen LogP contribution in [0.25, 0.3) is 0 Å². The molecule has 0 spiro atoms. The van der Waals surface area contributed by atoms with Crippen LogP contribution in [0, 0.1) is 10.1 Å². The number of hydrogen-bond acceptors (Lipinski definition) is 5. The van der Waals surface area contributed by atoms with Crippen LogP contribution in [0.1, 0.15) is 5.56 Å². The van der Waals surface area contributed by atoms with Gasteiger partial charge in [-0.1, -0.05) is 6.07 Å².